The maximum Gasteiger partial charge on any atom is 0.128 e. The first kappa shape index (κ1) is 14.0. The monoisotopic (exact) mass is 277 g/mol. The van der Waals surface area contributed by atoms with Crippen molar-refractivity contribution >= 4 is 11.6 Å². The van der Waals surface area contributed by atoms with Gasteiger partial charge in [-0.25, -0.2) is 4.39 Å². The lowest BCUT2D eigenvalue weighted by atomic mass is 9.77. The van der Waals surface area contributed by atoms with E-state index in [0.717, 1.165) is 5.56 Å². The van der Waals surface area contributed by atoms with E-state index in [2.05, 4.69) is 0 Å². The van der Waals surface area contributed by atoms with Gasteiger partial charge in [0.05, 0.1) is 0 Å². The molecule has 2 N–H and O–H groups in total. The third-order valence-corrected chi connectivity index (χ3v) is 3.70. The first-order valence-electron chi connectivity index (χ1n) is 6.25. The van der Waals surface area contributed by atoms with E-state index in [1.165, 1.54) is 6.07 Å². The van der Waals surface area contributed by atoms with Crippen molar-refractivity contribution in [3.63, 3.8) is 0 Å². The van der Waals surface area contributed by atoms with E-state index in [1.807, 2.05) is 37.3 Å². The number of hydrogen-bond acceptors (Lipinski definition) is 1. The quantitative estimate of drug-likeness (QED) is 0.900. The average Bonchev–Trinajstić information content (AvgIpc) is 2.39. The van der Waals surface area contributed by atoms with Gasteiger partial charge in [-0.2, -0.15) is 0 Å². The van der Waals surface area contributed by atoms with Gasteiger partial charge in [0.2, 0.25) is 0 Å². The molecule has 2 rings (SSSR count). The highest BCUT2D eigenvalue weighted by Gasteiger charge is 2.28. The molecule has 0 aliphatic carbocycles. The number of nitrogens with two attached hydrogens (primary N) is 1. The van der Waals surface area contributed by atoms with Gasteiger partial charge in [-0.3, -0.25) is 0 Å². The third kappa shape index (κ3) is 3.14. The first-order chi connectivity index (χ1) is 9.05. The fourth-order valence-electron chi connectivity index (χ4n) is 2.30. The summed E-state index contributed by atoms with van der Waals surface area (Å²) < 4.78 is 14.1. The van der Waals surface area contributed by atoms with Crippen molar-refractivity contribution in [3.8, 4) is 0 Å². The van der Waals surface area contributed by atoms with Gasteiger partial charge in [-0.1, -0.05) is 54.9 Å². The van der Waals surface area contributed by atoms with Crippen LogP contribution in [0.5, 0.6) is 0 Å². The predicted molar refractivity (Wildman–Crippen MR) is 78.0 cm³/mol. The molecule has 3 heteroatoms. The van der Waals surface area contributed by atoms with Gasteiger partial charge >= 0.3 is 0 Å². The Bertz CT molecular complexity index is 556. The van der Waals surface area contributed by atoms with Crippen LogP contribution in [0, 0.1) is 5.82 Å². The van der Waals surface area contributed by atoms with Gasteiger partial charge in [0.1, 0.15) is 5.82 Å². The molecule has 0 bridgehead atoms. The zero-order chi connectivity index (χ0) is 13.9. The Labute approximate surface area is 118 Å². The molecule has 0 radical (unpaired) electrons. The van der Waals surface area contributed by atoms with Crippen LogP contribution >= 0.6 is 11.6 Å². The Morgan fingerprint density at radius 1 is 1.16 bits per heavy atom. The second-order valence-electron chi connectivity index (χ2n) is 5.05. The first-order valence-corrected chi connectivity index (χ1v) is 6.62. The lowest BCUT2D eigenvalue weighted by Gasteiger charge is -2.29. The number of hydrogen-bond donors (Lipinski definition) is 1. The van der Waals surface area contributed by atoms with Crippen LogP contribution in [0.1, 0.15) is 18.1 Å². The van der Waals surface area contributed by atoms with Crippen molar-refractivity contribution in [3.05, 3.63) is 70.5 Å². The van der Waals surface area contributed by atoms with Crippen molar-refractivity contribution in [1.29, 1.82) is 0 Å². The maximum atomic E-state index is 14.1. The Morgan fingerprint density at radius 2 is 1.84 bits per heavy atom. The Morgan fingerprint density at radius 3 is 2.42 bits per heavy atom. The molecule has 1 atom stereocenters. The molecule has 2 aromatic carbocycles. The van der Waals surface area contributed by atoms with Crippen LogP contribution in [0.15, 0.2) is 48.5 Å². The van der Waals surface area contributed by atoms with Gasteiger partial charge in [0.15, 0.2) is 0 Å². The Balaban J connectivity index is 2.36. The van der Waals surface area contributed by atoms with Crippen LogP contribution in [0.25, 0.3) is 0 Å². The fraction of sp³-hybridized carbons (Fsp3) is 0.250. The molecular formula is C16H17ClFN. The summed E-state index contributed by atoms with van der Waals surface area (Å²) in [6, 6.07) is 14.8. The van der Waals surface area contributed by atoms with Crippen LogP contribution in [0.2, 0.25) is 5.02 Å². The summed E-state index contributed by atoms with van der Waals surface area (Å²) in [7, 11) is 0. The maximum absolute atomic E-state index is 14.1. The van der Waals surface area contributed by atoms with E-state index in [1.54, 1.807) is 12.1 Å². The smallest absolute Gasteiger partial charge is 0.128 e. The minimum Gasteiger partial charge on any atom is -0.330 e. The van der Waals surface area contributed by atoms with Crippen LogP contribution < -0.4 is 5.73 Å². The molecule has 0 aliphatic heterocycles. The molecule has 0 amide bonds. The summed E-state index contributed by atoms with van der Waals surface area (Å²) in [5.74, 6) is -0.295. The molecule has 2 aromatic rings. The van der Waals surface area contributed by atoms with E-state index in [-0.39, 0.29) is 5.82 Å². The van der Waals surface area contributed by atoms with Crippen molar-refractivity contribution in [2.24, 2.45) is 5.73 Å². The molecule has 0 saturated carbocycles. The lowest BCUT2D eigenvalue weighted by Crippen LogP contribution is -2.35. The van der Waals surface area contributed by atoms with Crippen LogP contribution in [0.4, 0.5) is 4.39 Å². The average molecular weight is 278 g/mol. The molecule has 0 aromatic heterocycles. The molecule has 0 aliphatic rings. The highest BCUT2D eigenvalue weighted by Crippen LogP contribution is 2.30. The second kappa shape index (κ2) is 5.72. The highest BCUT2D eigenvalue weighted by molar-refractivity contribution is 6.30. The summed E-state index contributed by atoms with van der Waals surface area (Å²) in [6.07, 6.45) is 0.697. The van der Waals surface area contributed by atoms with Crippen molar-refractivity contribution in [2.75, 3.05) is 6.54 Å². The molecule has 0 spiro atoms. The standard InChI is InChI=1S/C16H17ClFN/c1-16(11-19,10-12-5-3-2-4-6-12)14-8-7-13(17)9-15(14)18/h2-9H,10-11,19H2,1H3. The molecule has 0 heterocycles. The van der Waals surface area contributed by atoms with Gasteiger partial charge < -0.3 is 5.73 Å². The van der Waals surface area contributed by atoms with Gasteiger partial charge in [0.25, 0.3) is 0 Å². The van der Waals surface area contributed by atoms with Crippen molar-refractivity contribution in [2.45, 2.75) is 18.8 Å². The van der Waals surface area contributed by atoms with Crippen LogP contribution in [0.3, 0.4) is 0 Å². The Kier molecular flexibility index (Phi) is 4.23. The Hall–Kier alpha value is -1.38. The van der Waals surface area contributed by atoms with E-state index in [9.17, 15) is 4.39 Å². The SMILES string of the molecule is CC(CN)(Cc1ccccc1)c1ccc(Cl)cc1F. The predicted octanol–water partition coefficient (Wildman–Crippen LogP) is 3.94. The molecule has 0 fully saturated rings. The third-order valence-electron chi connectivity index (χ3n) is 3.47. The molecule has 0 saturated heterocycles. The minimum absolute atomic E-state index is 0.295. The van der Waals surface area contributed by atoms with Crippen molar-refractivity contribution in [1.82, 2.24) is 0 Å². The summed E-state index contributed by atoms with van der Waals surface area (Å²) >= 11 is 5.80. The van der Waals surface area contributed by atoms with Gasteiger partial charge in [0, 0.05) is 17.0 Å². The minimum atomic E-state index is -0.434. The normalized spacial score (nSPS) is 14.1. The molecule has 1 nitrogen and oxygen atoms in total. The van der Waals surface area contributed by atoms with E-state index in [4.69, 9.17) is 17.3 Å². The molecular weight excluding hydrogens is 261 g/mol. The molecule has 1 unspecified atom stereocenters. The summed E-state index contributed by atoms with van der Waals surface area (Å²) in [5, 5.41) is 0.403. The molecule has 19 heavy (non-hydrogen) atoms. The lowest BCUT2D eigenvalue weighted by molar-refractivity contribution is 0.450. The zero-order valence-electron chi connectivity index (χ0n) is 10.9. The summed E-state index contributed by atoms with van der Waals surface area (Å²) in [6.45, 7) is 2.35. The van der Waals surface area contributed by atoms with E-state index >= 15 is 0 Å². The van der Waals surface area contributed by atoms with Gasteiger partial charge in [-0.05, 0) is 29.7 Å². The fourth-order valence-corrected chi connectivity index (χ4v) is 2.46. The van der Waals surface area contributed by atoms with Crippen LogP contribution in [-0.4, -0.2) is 6.54 Å². The van der Waals surface area contributed by atoms with Gasteiger partial charge in [-0.15, -0.1) is 0 Å². The zero-order valence-corrected chi connectivity index (χ0v) is 11.6. The van der Waals surface area contributed by atoms with E-state index in [0.29, 0.717) is 23.6 Å². The highest BCUT2D eigenvalue weighted by atomic mass is 35.5. The van der Waals surface area contributed by atoms with Crippen molar-refractivity contribution < 1.29 is 4.39 Å². The number of rotatable bonds is 4. The summed E-state index contributed by atoms with van der Waals surface area (Å²) in [5.41, 5.74) is 7.22. The van der Waals surface area contributed by atoms with E-state index < -0.39 is 5.41 Å². The number of benzene rings is 2. The topological polar surface area (TPSA) is 26.0 Å². The number of halogens is 2. The molecule has 100 valence electrons. The summed E-state index contributed by atoms with van der Waals surface area (Å²) in [4.78, 5) is 0. The van der Waals surface area contributed by atoms with Crippen LogP contribution in [-0.2, 0) is 11.8 Å². The second-order valence-corrected chi connectivity index (χ2v) is 5.49. The largest absolute Gasteiger partial charge is 0.330 e.